The number of urea groups is 1. The van der Waals surface area contributed by atoms with Crippen LogP contribution in [0.15, 0.2) is 24.3 Å². The minimum atomic E-state index is -4.73. The van der Waals surface area contributed by atoms with Gasteiger partial charge in [-0.25, -0.2) is 4.79 Å². The molecule has 0 heterocycles. The number of likely N-dealkylation sites (N-methyl/N-ethyl adjacent to an activating group) is 1. The number of halogens is 3. The zero-order valence-corrected chi connectivity index (χ0v) is 11.1. The van der Waals surface area contributed by atoms with E-state index in [0.29, 0.717) is 12.2 Å². The van der Waals surface area contributed by atoms with Crippen molar-refractivity contribution in [2.24, 2.45) is 5.73 Å². The van der Waals surface area contributed by atoms with Gasteiger partial charge in [0.05, 0.1) is 0 Å². The van der Waals surface area contributed by atoms with Gasteiger partial charge in [-0.2, -0.15) is 0 Å². The quantitative estimate of drug-likeness (QED) is 0.895. The number of nitrogens with zero attached hydrogens (tertiary/aromatic N) is 1. The van der Waals surface area contributed by atoms with Crippen LogP contribution in [0.3, 0.4) is 0 Å². The Kier molecular flexibility index (Phi) is 5.20. The summed E-state index contributed by atoms with van der Waals surface area (Å²) in [6.45, 7) is 2.12. The van der Waals surface area contributed by atoms with E-state index in [2.05, 4.69) is 10.1 Å². The van der Waals surface area contributed by atoms with Gasteiger partial charge in [-0.1, -0.05) is 0 Å². The van der Waals surface area contributed by atoms with Gasteiger partial charge in [-0.05, 0) is 31.2 Å². The fourth-order valence-corrected chi connectivity index (χ4v) is 1.47. The molecule has 0 aromatic heterocycles. The van der Waals surface area contributed by atoms with Gasteiger partial charge in [0.25, 0.3) is 0 Å². The summed E-state index contributed by atoms with van der Waals surface area (Å²) in [5.74, 6) is -0.348. The molecule has 0 fully saturated rings. The van der Waals surface area contributed by atoms with Crippen molar-refractivity contribution in [2.75, 3.05) is 18.9 Å². The second kappa shape index (κ2) is 6.47. The first-order chi connectivity index (χ1) is 9.17. The van der Waals surface area contributed by atoms with Crippen molar-refractivity contribution in [1.29, 1.82) is 0 Å². The molecule has 0 radical (unpaired) electrons. The van der Waals surface area contributed by atoms with E-state index >= 15 is 0 Å². The number of carbonyl (C=O) groups is 1. The van der Waals surface area contributed by atoms with Gasteiger partial charge >= 0.3 is 12.4 Å². The van der Waals surface area contributed by atoms with Crippen molar-refractivity contribution in [1.82, 2.24) is 4.90 Å². The van der Waals surface area contributed by atoms with Crippen LogP contribution in [0.25, 0.3) is 0 Å². The number of nitrogens with one attached hydrogen (secondary N) is 1. The number of hydrogen-bond acceptors (Lipinski definition) is 3. The predicted molar refractivity (Wildman–Crippen MR) is 68.4 cm³/mol. The number of anilines is 1. The van der Waals surface area contributed by atoms with Crippen molar-refractivity contribution in [3.05, 3.63) is 24.3 Å². The van der Waals surface area contributed by atoms with Crippen molar-refractivity contribution < 1.29 is 22.7 Å². The molecule has 0 spiro atoms. The third kappa shape index (κ3) is 5.79. The smallest absolute Gasteiger partial charge is 0.406 e. The maximum absolute atomic E-state index is 12.0. The molecular weight excluding hydrogens is 275 g/mol. The highest BCUT2D eigenvalue weighted by molar-refractivity contribution is 5.89. The summed E-state index contributed by atoms with van der Waals surface area (Å²) < 4.78 is 39.6. The average molecular weight is 291 g/mol. The maximum atomic E-state index is 12.0. The molecule has 3 N–H and O–H groups in total. The van der Waals surface area contributed by atoms with Crippen molar-refractivity contribution >= 4 is 11.7 Å². The van der Waals surface area contributed by atoms with Gasteiger partial charge in [0.1, 0.15) is 5.75 Å². The van der Waals surface area contributed by atoms with E-state index < -0.39 is 12.4 Å². The predicted octanol–water partition coefficient (Wildman–Crippen LogP) is 2.40. The van der Waals surface area contributed by atoms with E-state index in [-0.39, 0.29) is 11.8 Å². The molecule has 20 heavy (non-hydrogen) atoms. The van der Waals surface area contributed by atoms with Crippen LogP contribution in [-0.4, -0.2) is 36.9 Å². The average Bonchev–Trinajstić information content (AvgIpc) is 2.28. The molecule has 0 saturated carbocycles. The maximum Gasteiger partial charge on any atom is 0.573 e. The number of rotatable bonds is 4. The molecule has 8 heteroatoms. The zero-order valence-electron chi connectivity index (χ0n) is 11.1. The first-order valence-electron chi connectivity index (χ1n) is 5.81. The summed E-state index contributed by atoms with van der Waals surface area (Å²) in [5, 5.41) is 2.53. The van der Waals surface area contributed by atoms with Gasteiger partial charge < -0.3 is 20.7 Å². The molecule has 1 aromatic rings. The van der Waals surface area contributed by atoms with Gasteiger partial charge in [0.15, 0.2) is 0 Å². The van der Waals surface area contributed by atoms with Crippen LogP contribution in [0.2, 0.25) is 0 Å². The normalized spacial score (nSPS) is 12.7. The van der Waals surface area contributed by atoms with Gasteiger partial charge in [-0.3, -0.25) is 0 Å². The lowest BCUT2D eigenvalue weighted by atomic mass is 10.3. The molecular formula is C12H16F3N3O2. The van der Waals surface area contributed by atoms with E-state index in [4.69, 9.17) is 5.73 Å². The number of benzene rings is 1. The Hall–Kier alpha value is -1.96. The van der Waals surface area contributed by atoms with Crippen molar-refractivity contribution in [2.45, 2.75) is 19.3 Å². The van der Waals surface area contributed by atoms with Gasteiger partial charge in [-0.15, -0.1) is 13.2 Å². The topological polar surface area (TPSA) is 67.6 Å². The van der Waals surface area contributed by atoms with Crippen LogP contribution in [0.5, 0.6) is 5.75 Å². The molecule has 5 nitrogen and oxygen atoms in total. The number of amides is 2. The van der Waals surface area contributed by atoms with Crippen LogP contribution >= 0.6 is 0 Å². The minimum absolute atomic E-state index is 0.173. The van der Waals surface area contributed by atoms with E-state index in [0.717, 1.165) is 12.1 Å². The van der Waals surface area contributed by atoms with Gasteiger partial charge in [0, 0.05) is 25.3 Å². The van der Waals surface area contributed by atoms with Gasteiger partial charge in [0.2, 0.25) is 0 Å². The zero-order chi connectivity index (χ0) is 15.3. The summed E-state index contributed by atoms with van der Waals surface area (Å²) in [4.78, 5) is 13.1. The number of hydrogen-bond donors (Lipinski definition) is 2. The molecule has 0 bridgehead atoms. The summed E-state index contributed by atoms with van der Waals surface area (Å²) in [5.41, 5.74) is 5.92. The highest BCUT2D eigenvalue weighted by Crippen LogP contribution is 2.23. The van der Waals surface area contributed by atoms with E-state index in [1.54, 1.807) is 14.0 Å². The number of carbonyl (C=O) groups excluding carboxylic acids is 1. The Morgan fingerprint density at radius 2 is 1.95 bits per heavy atom. The van der Waals surface area contributed by atoms with E-state index in [9.17, 15) is 18.0 Å². The van der Waals surface area contributed by atoms with Crippen LogP contribution < -0.4 is 15.8 Å². The van der Waals surface area contributed by atoms with Crippen LogP contribution in [0.1, 0.15) is 6.92 Å². The fourth-order valence-electron chi connectivity index (χ4n) is 1.47. The molecule has 0 saturated heterocycles. The first-order valence-corrected chi connectivity index (χ1v) is 5.81. The highest BCUT2D eigenvalue weighted by Gasteiger charge is 2.30. The molecule has 1 unspecified atom stereocenters. The lowest BCUT2D eigenvalue weighted by Gasteiger charge is -2.20. The number of alkyl halides is 3. The highest BCUT2D eigenvalue weighted by atomic mass is 19.4. The molecule has 0 aliphatic heterocycles. The van der Waals surface area contributed by atoms with E-state index in [1.165, 1.54) is 17.0 Å². The lowest BCUT2D eigenvalue weighted by molar-refractivity contribution is -0.274. The van der Waals surface area contributed by atoms with Crippen LogP contribution in [-0.2, 0) is 0 Å². The number of ether oxygens (including phenoxy) is 1. The summed E-state index contributed by atoms with van der Waals surface area (Å²) in [6, 6.07) is 4.31. The Bertz CT molecular complexity index is 446. The molecule has 1 rings (SSSR count). The summed E-state index contributed by atoms with van der Waals surface area (Å²) >= 11 is 0. The van der Waals surface area contributed by atoms with Crippen LogP contribution in [0, 0.1) is 0 Å². The lowest BCUT2D eigenvalue weighted by Crippen LogP contribution is -2.39. The molecule has 2 amide bonds. The Labute approximate surface area is 114 Å². The SMILES string of the molecule is CC(N)CN(C)C(=O)Nc1ccc(OC(F)(F)F)cc1. The Balaban J connectivity index is 2.59. The first kappa shape index (κ1) is 16.1. The Morgan fingerprint density at radius 1 is 1.40 bits per heavy atom. The minimum Gasteiger partial charge on any atom is -0.406 e. The van der Waals surface area contributed by atoms with Crippen molar-refractivity contribution in [3.8, 4) is 5.75 Å². The largest absolute Gasteiger partial charge is 0.573 e. The van der Waals surface area contributed by atoms with Crippen LogP contribution in [0.4, 0.5) is 23.7 Å². The fraction of sp³-hybridized carbons (Fsp3) is 0.417. The third-order valence-corrected chi connectivity index (χ3v) is 2.25. The second-order valence-corrected chi connectivity index (χ2v) is 4.36. The van der Waals surface area contributed by atoms with Crippen molar-refractivity contribution in [3.63, 3.8) is 0 Å². The molecule has 0 aliphatic carbocycles. The Morgan fingerprint density at radius 3 is 2.40 bits per heavy atom. The van der Waals surface area contributed by atoms with E-state index in [1.807, 2.05) is 0 Å². The monoisotopic (exact) mass is 291 g/mol. The molecule has 1 aromatic carbocycles. The second-order valence-electron chi connectivity index (χ2n) is 4.36. The summed E-state index contributed by atoms with van der Waals surface area (Å²) in [6.07, 6.45) is -4.73. The number of nitrogens with two attached hydrogens (primary N) is 1. The molecule has 0 aliphatic rings. The standard InChI is InChI=1S/C12H16F3N3O2/c1-8(16)7-18(2)11(19)17-9-3-5-10(6-4-9)20-12(13,14)15/h3-6,8H,7,16H2,1-2H3,(H,17,19). The third-order valence-electron chi connectivity index (χ3n) is 2.25. The molecule has 1 atom stereocenters. The summed E-state index contributed by atoms with van der Waals surface area (Å²) in [7, 11) is 1.57. The molecule has 112 valence electrons.